The molecule has 0 heterocycles. The number of amides is 2. The van der Waals surface area contributed by atoms with Crippen LogP contribution in [0.1, 0.15) is 43.0 Å². The molecule has 7 nitrogen and oxygen atoms in total. The Morgan fingerprint density at radius 3 is 2.06 bits per heavy atom. The summed E-state index contributed by atoms with van der Waals surface area (Å²) in [6.07, 6.45) is 1.09. The minimum absolute atomic E-state index is 0.0852. The van der Waals surface area contributed by atoms with Crippen LogP contribution in [0.4, 0.5) is 5.69 Å². The van der Waals surface area contributed by atoms with Gasteiger partial charge >= 0.3 is 0 Å². The van der Waals surface area contributed by atoms with E-state index in [4.69, 9.17) is 0 Å². The molecule has 8 heteroatoms. The zero-order valence-electron chi connectivity index (χ0n) is 20.5. The van der Waals surface area contributed by atoms with Crippen LogP contribution >= 0.6 is 0 Å². The Hall–Kier alpha value is -2.87. The number of aryl methyl sites for hydroxylation is 3. The van der Waals surface area contributed by atoms with Crippen molar-refractivity contribution in [3.8, 4) is 0 Å². The number of benzene rings is 2. The Labute approximate surface area is 197 Å². The van der Waals surface area contributed by atoms with Crippen LogP contribution < -0.4 is 9.62 Å². The third kappa shape index (κ3) is 7.05. The van der Waals surface area contributed by atoms with E-state index in [1.165, 1.54) is 4.90 Å². The fourth-order valence-corrected chi connectivity index (χ4v) is 4.73. The number of nitrogens with zero attached hydrogens (tertiary/aromatic N) is 2. The molecule has 1 N–H and O–H groups in total. The highest BCUT2D eigenvalue weighted by Crippen LogP contribution is 2.27. The first-order valence-electron chi connectivity index (χ1n) is 11.0. The van der Waals surface area contributed by atoms with Crippen molar-refractivity contribution in [1.29, 1.82) is 0 Å². The fourth-order valence-electron chi connectivity index (χ4n) is 3.77. The molecule has 0 saturated carbocycles. The molecule has 0 fully saturated rings. The van der Waals surface area contributed by atoms with Gasteiger partial charge in [-0.25, -0.2) is 8.42 Å². The van der Waals surface area contributed by atoms with E-state index in [0.29, 0.717) is 5.69 Å². The van der Waals surface area contributed by atoms with Gasteiger partial charge in [0.1, 0.15) is 12.6 Å². The number of para-hydroxylation sites is 1. The number of hydrogen-bond acceptors (Lipinski definition) is 4. The van der Waals surface area contributed by atoms with Gasteiger partial charge < -0.3 is 10.2 Å². The summed E-state index contributed by atoms with van der Waals surface area (Å²) >= 11 is 0. The molecule has 1 atom stereocenters. The summed E-state index contributed by atoms with van der Waals surface area (Å²) in [5.41, 5.74) is 3.90. The Kier molecular flexibility index (Phi) is 8.66. The maximum atomic E-state index is 13.6. The van der Waals surface area contributed by atoms with Crippen molar-refractivity contribution in [2.45, 2.75) is 60.2 Å². The second kappa shape index (κ2) is 10.8. The average Bonchev–Trinajstić information content (AvgIpc) is 2.69. The van der Waals surface area contributed by atoms with E-state index in [2.05, 4.69) is 5.32 Å². The molecule has 0 radical (unpaired) electrons. The molecule has 2 aromatic carbocycles. The van der Waals surface area contributed by atoms with Crippen molar-refractivity contribution < 1.29 is 18.0 Å². The quantitative estimate of drug-likeness (QED) is 0.605. The molecule has 0 aliphatic heterocycles. The molecule has 180 valence electrons. The van der Waals surface area contributed by atoms with Crippen molar-refractivity contribution in [1.82, 2.24) is 10.2 Å². The lowest BCUT2D eigenvalue weighted by Gasteiger charge is -2.32. The third-order valence-electron chi connectivity index (χ3n) is 5.40. The summed E-state index contributed by atoms with van der Waals surface area (Å²) in [4.78, 5) is 27.8. The van der Waals surface area contributed by atoms with E-state index in [1.807, 2.05) is 77.1 Å². The monoisotopic (exact) mass is 473 g/mol. The average molecular weight is 474 g/mol. The van der Waals surface area contributed by atoms with Crippen LogP contribution in [-0.4, -0.2) is 50.0 Å². The summed E-state index contributed by atoms with van der Waals surface area (Å²) in [7, 11) is -3.75. The Balaban J connectivity index is 2.45. The molecule has 0 aliphatic carbocycles. The van der Waals surface area contributed by atoms with Gasteiger partial charge in [0.15, 0.2) is 0 Å². The number of nitrogens with one attached hydrogen (secondary N) is 1. The molecule has 33 heavy (non-hydrogen) atoms. The van der Waals surface area contributed by atoms with Gasteiger partial charge in [-0.1, -0.05) is 48.0 Å². The molecule has 0 aliphatic rings. The van der Waals surface area contributed by atoms with E-state index in [9.17, 15) is 18.0 Å². The van der Waals surface area contributed by atoms with Crippen molar-refractivity contribution in [3.05, 3.63) is 64.7 Å². The van der Waals surface area contributed by atoms with Crippen LogP contribution in [0.2, 0.25) is 0 Å². The smallest absolute Gasteiger partial charge is 0.244 e. The van der Waals surface area contributed by atoms with Crippen molar-refractivity contribution in [2.24, 2.45) is 0 Å². The van der Waals surface area contributed by atoms with Gasteiger partial charge in [0.2, 0.25) is 21.8 Å². The minimum atomic E-state index is -3.75. The molecule has 0 unspecified atom stereocenters. The number of anilines is 1. The van der Waals surface area contributed by atoms with Crippen LogP contribution in [0.25, 0.3) is 0 Å². The largest absolute Gasteiger partial charge is 0.352 e. The number of rotatable bonds is 9. The van der Waals surface area contributed by atoms with Gasteiger partial charge in [0.25, 0.3) is 0 Å². The molecule has 2 amide bonds. The Morgan fingerprint density at radius 2 is 1.55 bits per heavy atom. The number of carbonyl (C=O) groups is 2. The van der Waals surface area contributed by atoms with Crippen LogP contribution in [0.15, 0.2) is 42.5 Å². The van der Waals surface area contributed by atoms with Gasteiger partial charge in [0, 0.05) is 12.6 Å². The maximum Gasteiger partial charge on any atom is 0.244 e. The molecule has 0 saturated heterocycles. The van der Waals surface area contributed by atoms with Crippen LogP contribution in [0.5, 0.6) is 0 Å². The second-order valence-electron chi connectivity index (χ2n) is 8.86. The van der Waals surface area contributed by atoms with E-state index in [1.54, 1.807) is 6.92 Å². The van der Waals surface area contributed by atoms with Crippen LogP contribution in [0, 0.1) is 20.8 Å². The number of hydrogen-bond donors (Lipinski definition) is 1. The van der Waals surface area contributed by atoms with Gasteiger partial charge in [-0.05, 0) is 58.2 Å². The molecular weight excluding hydrogens is 438 g/mol. The highest BCUT2D eigenvalue weighted by molar-refractivity contribution is 7.92. The molecule has 2 rings (SSSR count). The SMILES string of the molecule is Cc1cccc(CN(C(=O)CN(c2c(C)cccc2C)S(C)(=O)=O)[C@H](C)C(=O)NC(C)C)c1. The normalized spacial score (nSPS) is 12.4. The Morgan fingerprint density at radius 1 is 0.970 bits per heavy atom. The number of carbonyl (C=O) groups excluding carboxylic acids is 2. The first-order valence-corrected chi connectivity index (χ1v) is 12.9. The lowest BCUT2D eigenvalue weighted by molar-refractivity contribution is -0.139. The number of sulfonamides is 1. The van der Waals surface area contributed by atoms with Crippen molar-refractivity contribution in [3.63, 3.8) is 0 Å². The summed E-state index contributed by atoms with van der Waals surface area (Å²) in [5, 5.41) is 2.84. The van der Waals surface area contributed by atoms with E-state index >= 15 is 0 Å². The molecule has 0 aromatic heterocycles. The minimum Gasteiger partial charge on any atom is -0.352 e. The predicted octanol–water partition coefficient (Wildman–Crippen LogP) is 3.32. The molecule has 0 bridgehead atoms. The van der Waals surface area contributed by atoms with Crippen LogP contribution in [-0.2, 0) is 26.2 Å². The van der Waals surface area contributed by atoms with E-state index in [0.717, 1.165) is 32.8 Å². The zero-order valence-corrected chi connectivity index (χ0v) is 21.4. The predicted molar refractivity (Wildman–Crippen MR) is 133 cm³/mol. The summed E-state index contributed by atoms with van der Waals surface area (Å²) < 4.78 is 26.6. The molecule has 0 spiro atoms. The summed E-state index contributed by atoms with van der Waals surface area (Å²) in [5.74, 6) is -0.736. The van der Waals surface area contributed by atoms with Gasteiger partial charge in [-0.15, -0.1) is 0 Å². The van der Waals surface area contributed by atoms with Gasteiger partial charge in [0.05, 0.1) is 11.9 Å². The lowest BCUT2D eigenvalue weighted by atomic mass is 10.1. The maximum absolute atomic E-state index is 13.6. The molecule has 2 aromatic rings. The Bertz CT molecular complexity index is 1090. The highest BCUT2D eigenvalue weighted by Gasteiger charge is 2.31. The first-order chi connectivity index (χ1) is 15.3. The van der Waals surface area contributed by atoms with Gasteiger partial charge in [-0.2, -0.15) is 0 Å². The van der Waals surface area contributed by atoms with Gasteiger partial charge in [-0.3, -0.25) is 13.9 Å². The van der Waals surface area contributed by atoms with Crippen molar-refractivity contribution in [2.75, 3.05) is 17.1 Å². The summed E-state index contributed by atoms with van der Waals surface area (Å²) in [6.45, 7) is 10.7. The third-order valence-corrected chi connectivity index (χ3v) is 6.51. The molecular formula is C25H35N3O4S. The van der Waals surface area contributed by atoms with Crippen LogP contribution in [0.3, 0.4) is 0 Å². The first kappa shape index (κ1) is 26.4. The lowest BCUT2D eigenvalue weighted by Crippen LogP contribution is -2.52. The topological polar surface area (TPSA) is 86.8 Å². The fraction of sp³-hybridized carbons (Fsp3) is 0.440. The van der Waals surface area contributed by atoms with Crippen molar-refractivity contribution >= 4 is 27.5 Å². The zero-order chi connectivity index (χ0) is 24.9. The standard InChI is InChI=1S/C25H35N3O4S/c1-17(2)26-25(30)21(6)27(15-22-13-8-10-18(3)14-22)23(29)16-28(33(7,31)32)24-19(4)11-9-12-20(24)5/h8-14,17,21H,15-16H2,1-7H3,(H,26,30)/t21-/m1/s1. The van der Waals surface area contributed by atoms with E-state index in [-0.39, 0.29) is 18.5 Å². The second-order valence-corrected chi connectivity index (χ2v) is 10.8. The highest BCUT2D eigenvalue weighted by atomic mass is 32.2. The van der Waals surface area contributed by atoms with E-state index < -0.39 is 28.5 Å². The summed E-state index contributed by atoms with van der Waals surface area (Å²) in [6, 6.07) is 12.3.